The van der Waals surface area contributed by atoms with Crippen LogP contribution in [0.15, 0.2) is 12.1 Å². The molecule has 0 unspecified atom stereocenters. The Kier molecular flexibility index (Phi) is 3.97. The van der Waals surface area contributed by atoms with E-state index in [0.29, 0.717) is 13.0 Å². The number of methoxy groups -OCH3 is 1. The average molecular weight is 264 g/mol. The number of rotatable bonds is 3. The SMILES string of the molecule is COc1cc(NC(=O)[C@H]2CCCO2)c(F)cc1C#N. The molecule has 1 atom stereocenters. The third-order valence-electron chi connectivity index (χ3n) is 2.89. The zero-order valence-corrected chi connectivity index (χ0v) is 10.4. The molecule has 6 heteroatoms. The summed E-state index contributed by atoms with van der Waals surface area (Å²) in [6, 6.07) is 4.14. The molecule has 0 radical (unpaired) electrons. The summed E-state index contributed by atoms with van der Waals surface area (Å²) in [5, 5.41) is 11.3. The molecule has 1 aliphatic rings. The second kappa shape index (κ2) is 5.67. The summed E-state index contributed by atoms with van der Waals surface area (Å²) in [7, 11) is 1.37. The number of nitrogens with one attached hydrogen (secondary N) is 1. The predicted octanol–water partition coefficient (Wildman–Crippen LogP) is 1.82. The molecule has 0 spiro atoms. The molecule has 1 aromatic rings. The number of hydrogen-bond acceptors (Lipinski definition) is 4. The largest absolute Gasteiger partial charge is 0.495 e. The van der Waals surface area contributed by atoms with E-state index in [-0.39, 0.29) is 22.9 Å². The van der Waals surface area contributed by atoms with Gasteiger partial charge in [-0.2, -0.15) is 5.26 Å². The van der Waals surface area contributed by atoms with E-state index in [9.17, 15) is 9.18 Å². The van der Waals surface area contributed by atoms with Gasteiger partial charge in [0, 0.05) is 12.7 Å². The lowest BCUT2D eigenvalue weighted by Gasteiger charge is -2.12. The Morgan fingerprint density at radius 3 is 3.00 bits per heavy atom. The van der Waals surface area contributed by atoms with Gasteiger partial charge in [-0.3, -0.25) is 4.79 Å². The molecule has 19 heavy (non-hydrogen) atoms. The van der Waals surface area contributed by atoms with Crippen LogP contribution in [0.2, 0.25) is 0 Å². The number of anilines is 1. The van der Waals surface area contributed by atoms with E-state index in [1.807, 2.05) is 6.07 Å². The van der Waals surface area contributed by atoms with Gasteiger partial charge in [0.05, 0.1) is 18.4 Å². The van der Waals surface area contributed by atoms with Crippen molar-refractivity contribution in [3.63, 3.8) is 0 Å². The van der Waals surface area contributed by atoms with Crippen LogP contribution < -0.4 is 10.1 Å². The number of amides is 1. The van der Waals surface area contributed by atoms with E-state index in [2.05, 4.69) is 5.32 Å². The van der Waals surface area contributed by atoms with Crippen LogP contribution in [0.3, 0.4) is 0 Å². The monoisotopic (exact) mass is 264 g/mol. The van der Waals surface area contributed by atoms with Crippen molar-refractivity contribution in [1.29, 1.82) is 5.26 Å². The Hall–Kier alpha value is -2.13. The molecule has 1 aromatic carbocycles. The normalized spacial score (nSPS) is 17.8. The quantitative estimate of drug-likeness (QED) is 0.904. The van der Waals surface area contributed by atoms with Crippen LogP contribution in [0, 0.1) is 17.1 Å². The summed E-state index contributed by atoms with van der Waals surface area (Å²) in [6.07, 6.45) is 0.902. The van der Waals surface area contributed by atoms with Crippen LogP contribution in [-0.4, -0.2) is 25.7 Å². The zero-order valence-electron chi connectivity index (χ0n) is 10.4. The first kappa shape index (κ1) is 13.3. The van der Waals surface area contributed by atoms with Crippen LogP contribution in [0.4, 0.5) is 10.1 Å². The van der Waals surface area contributed by atoms with Crippen LogP contribution in [0.1, 0.15) is 18.4 Å². The average Bonchev–Trinajstić information content (AvgIpc) is 2.94. The van der Waals surface area contributed by atoms with Crippen molar-refractivity contribution in [1.82, 2.24) is 0 Å². The maximum absolute atomic E-state index is 13.7. The van der Waals surface area contributed by atoms with E-state index >= 15 is 0 Å². The zero-order chi connectivity index (χ0) is 13.8. The Bertz CT molecular complexity index is 533. The summed E-state index contributed by atoms with van der Waals surface area (Å²) in [5.74, 6) is -0.849. The molecule has 1 N–H and O–H groups in total. The highest BCUT2D eigenvalue weighted by Crippen LogP contribution is 2.26. The number of nitriles is 1. The lowest BCUT2D eigenvalue weighted by molar-refractivity contribution is -0.124. The van der Waals surface area contributed by atoms with Gasteiger partial charge in [0.25, 0.3) is 5.91 Å². The van der Waals surface area contributed by atoms with Crippen molar-refractivity contribution in [3.05, 3.63) is 23.5 Å². The number of carbonyl (C=O) groups excluding carboxylic acids is 1. The van der Waals surface area contributed by atoms with Gasteiger partial charge in [-0.25, -0.2) is 4.39 Å². The smallest absolute Gasteiger partial charge is 0.253 e. The molecule has 5 nitrogen and oxygen atoms in total. The van der Waals surface area contributed by atoms with Gasteiger partial charge < -0.3 is 14.8 Å². The third-order valence-corrected chi connectivity index (χ3v) is 2.89. The molecular weight excluding hydrogens is 251 g/mol. The summed E-state index contributed by atoms with van der Waals surface area (Å²) >= 11 is 0. The number of hydrogen-bond donors (Lipinski definition) is 1. The van der Waals surface area contributed by atoms with Crippen molar-refractivity contribution in [2.75, 3.05) is 19.0 Å². The summed E-state index contributed by atoms with van der Waals surface area (Å²) < 4.78 is 23.9. The standard InChI is InChI=1S/C13H13FN2O3/c1-18-12-6-10(9(14)5-8(12)7-15)16-13(17)11-3-2-4-19-11/h5-6,11H,2-4H2,1H3,(H,16,17)/t11-/m1/s1. The Morgan fingerprint density at radius 1 is 1.63 bits per heavy atom. The Morgan fingerprint density at radius 2 is 2.42 bits per heavy atom. The summed E-state index contributed by atoms with van der Waals surface area (Å²) in [6.45, 7) is 0.539. The van der Waals surface area contributed by atoms with Gasteiger partial charge >= 0.3 is 0 Å². The van der Waals surface area contributed by atoms with Crippen LogP contribution >= 0.6 is 0 Å². The molecule has 0 aromatic heterocycles. The lowest BCUT2D eigenvalue weighted by Crippen LogP contribution is -2.27. The second-order valence-corrected chi connectivity index (χ2v) is 4.14. The number of nitrogens with zero attached hydrogens (tertiary/aromatic N) is 1. The highest BCUT2D eigenvalue weighted by molar-refractivity contribution is 5.94. The van der Waals surface area contributed by atoms with Crippen LogP contribution in [-0.2, 0) is 9.53 Å². The molecule has 2 rings (SSSR count). The van der Waals surface area contributed by atoms with Gasteiger partial charge in [-0.1, -0.05) is 0 Å². The Balaban J connectivity index is 2.20. The van der Waals surface area contributed by atoms with Gasteiger partial charge in [0.15, 0.2) is 0 Å². The number of benzene rings is 1. The number of ether oxygens (including phenoxy) is 2. The predicted molar refractivity (Wildman–Crippen MR) is 65.3 cm³/mol. The van der Waals surface area contributed by atoms with E-state index in [1.165, 1.54) is 13.2 Å². The van der Waals surface area contributed by atoms with E-state index in [0.717, 1.165) is 12.5 Å². The fraction of sp³-hybridized carbons (Fsp3) is 0.385. The molecule has 1 aliphatic heterocycles. The van der Waals surface area contributed by atoms with Gasteiger partial charge in [-0.05, 0) is 18.9 Å². The molecule has 0 saturated carbocycles. The van der Waals surface area contributed by atoms with Gasteiger partial charge in [0.1, 0.15) is 23.7 Å². The van der Waals surface area contributed by atoms with Crippen molar-refractivity contribution in [3.8, 4) is 11.8 Å². The fourth-order valence-corrected chi connectivity index (χ4v) is 1.90. The van der Waals surface area contributed by atoms with Crippen molar-refractivity contribution < 1.29 is 18.7 Å². The first-order valence-corrected chi connectivity index (χ1v) is 5.86. The van der Waals surface area contributed by atoms with E-state index in [1.54, 1.807) is 0 Å². The molecule has 1 amide bonds. The van der Waals surface area contributed by atoms with E-state index in [4.69, 9.17) is 14.7 Å². The maximum atomic E-state index is 13.7. The highest BCUT2D eigenvalue weighted by atomic mass is 19.1. The molecule has 0 bridgehead atoms. The molecule has 0 aliphatic carbocycles. The topological polar surface area (TPSA) is 71.3 Å². The van der Waals surface area contributed by atoms with Crippen molar-refractivity contribution in [2.24, 2.45) is 0 Å². The third kappa shape index (κ3) is 2.83. The van der Waals surface area contributed by atoms with Crippen molar-refractivity contribution >= 4 is 11.6 Å². The minimum atomic E-state index is -0.677. The minimum Gasteiger partial charge on any atom is -0.495 e. The molecule has 100 valence electrons. The lowest BCUT2D eigenvalue weighted by atomic mass is 10.1. The second-order valence-electron chi connectivity index (χ2n) is 4.14. The first-order chi connectivity index (χ1) is 9.15. The van der Waals surface area contributed by atoms with Crippen LogP contribution in [0.5, 0.6) is 5.75 Å². The molecule has 1 heterocycles. The molecule has 1 saturated heterocycles. The van der Waals surface area contributed by atoms with Gasteiger partial charge in [-0.15, -0.1) is 0 Å². The Labute approximate surface area is 109 Å². The molecule has 1 fully saturated rings. The highest BCUT2D eigenvalue weighted by Gasteiger charge is 2.24. The maximum Gasteiger partial charge on any atom is 0.253 e. The van der Waals surface area contributed by atoms with E-state index < -0.39 is 11.9 Å². The number of halogens is 1. The fourth-order valence-electron chi connectivity index (χ4n) is 1.90. The van der Waals surface area contributed by atoms with Crippen LogP contribution in [0.25, 0.3) is 0 Å². The summed E-state index contributed by atoms with van der Waals surface area (Å²) in [4.78, 5) is 11.8. The summed E-state index contributed by atoms with van der Waals surface area (Å²) in [5.41, 5.74) is 0.0615. The minimum absolute atomic E-state index is 0.0173. The van der Waals surface area contributed by atoms with Crippen molar-refractivity contribution in [2.45, 2.75) is 18.9 Å². The first-order valence-electron chi connectivity index (χ1n) is 5.86. The molecular formula is C13H13FN2O3. The number of carbonyl (C=O) groups is 1. The van der Waals surface area contributed by atoms with Gasteiger partial charge in [0.2, 0.25) is 0 Å².